The highest BCUT2D eigenvalue weighted by Gasteiger charge is 2.42. The number of carbonyl (C=O) groups excluding carboxylic acids is 1. The number of alkyl halides is 3. The van der Waals surface area contributed by atoms with Crippen LogP contribution >= 0.6 is 0 Å². The molecule has 128 valence electrons. The number of halogens is 7. The lowest BCUT2D eigenvalue weighted by molar-refractivity contribution is -0.143. The first-order chi connectivity index (χ1) is 11.1. The number of aromatic nitrogens is 1. The van der Waals surface area contributed by atoms with Crippen LogP contribution in [0.25, 0.3) is 0 Å². The van der Waals surface area contributed by atoms with Crippen LogP contribution in [0.4, 0.5) is 36.4 Å². The maximum atomic E-state index is 13.6. The largest absolute Gasteiger partial charge is 0.493 e. The van der Waals surface area contributed by atoms with Crippen molar-refractivity contribution in [3.8, 4) is 5.88 Å². The van der Waals surface area contributed by atoms with Crippen molar-refractivity contribution in [3.63, 3.8) is 0 Å². The molecule has 0 spiro atoms. The van der Waals surface area contributed by atoms with Crippen LogP contribution in [0.3, 0.4) is 0 Å². The molecule has 0 aliphatic carbocycles. The summed E-state index contributed by atoms with van der Waals surface area (Å²) in [6.07, 6.45) is -4.63. The zero-order valence-electron chi connectivity index (χ0n) is 11.2. The van der Waals surface area contributed by atoms with Crippen molar-refractivity contribution in [2.45, 2.75) is 6.18 Å². The van der Waals surface area contributed by atoms with E-state index in [-0.39, 0.29) is 0 Å². The first-order valence-corrected chi connectivity index (χ1v) is 5.94. The topological polar surface area (TPSA) is 62.2 Å². The number of pyridine rings is 1. The molecular weight excluding hydrogens is 349 g/mol. The van der Waals surface area contributed by atoms with E-state index < -0.39 is 58.0 Å². The zero-order chi connectivity index (χ0) is 18.2. The summed E-state index contributed by atoms with van der Waals surface area (Å²) in [4.78, 5) is 15.0. The van der Waals surface area contributed by atoms with E-state index in [2.05, 4.69) is 4.98 Å². The second-order valence-electron chi connectivity index (χ2n) is 4.33. The summed E-state index contributed by atoms with van der Waals surface area (Å²) >= 11 is 0. The Bertz CT molecular complexity index is 792. The summed E-state index contributed by atoms with van der Waals surface area (Å²) in [6.45, 7) is 0. The highest BCUT2D eigenvalue weighted by molar-refractivity contribution is 6.05. The maximum absolute atomic E-state index is 13.6. The van der Waals surface area contributed by atoms with Crippen LogP contribution in [0.15, 0.2) is 18.3 Å². The molecule has 0 saturated carbocycles. The molecule has 0 aliphatic heterocycles. The van der Waals surface area contributed by atoms with Crippen molar-refractivity contribution in [2.75, 3.05) is 5.32 Å². The average Bonchev–Trinajstić information content (AvgIpc) is 2.48. The summed E-state index contributed by atoms with van der Waals surface area (Å²) in [5.74, 6) is -12.6. The molecule has 0 aliphatic rings. The fourth-order valence-corrected chi connectivity index (χ4v) is 1.75. The molecule has 1 aromatic heterocycles. The highest BCUT2D eigenvalue weighted by Crippen LogP contribution is 2.38. The fraction of sp³-hybridized carbons (Fsp3) is 0.0769. The number of aromatic hydroxyl groups is 1. The first-order valence-electron chi connectivity index (χ1n) is 5.94. The van der Waals surface area contributed by atoms with Gasteiger partial charge in [0.1, 0.15) is 16.8 Å². The van der Waals surface area contributed by atoms with E-state index in [1.54, 1.807) is 0 Å². The van der Waals surface area contributed by atoms with Gasteiger partial charge in [0, 0.05) is 6.20 Å². The van der Waals surface area contributed by atoms with Crippen LogP contribution < -0.4 is 5.32 Å². The summed E-state index contributed by atoms with van der Waals surface area (Å²) in [7, 11) is 0. The van der Waals surface area contributed by atoms with Gasteiger partial charge in [0.15, 0.2) is 23.3 Å². The minimum Gasteiger partial charge on any atom is -0.493 e. The van der Waals surface area contributed by atoms with E-state index in [1.807, 2.05) is 0 Å². The molecular formula is C13H5F7N2O2. The van der Waals surface area contributed by atoms with E-state index in [9.17, 15) is 40.6 Å². The van der Waals surface area contributed by atoms with Crippen molar-refractivity contribution < 1.29 is 40.6 Å². The van der Waals surface area contributed by atoms with Gasteiger partial charge in [-0.15, -0.1) is 0 Å². The van der Waals surface area contributed by atoms with E-state index in [0.29, 0.717) is 0 Å². The number of anilines is 1. The Morgan fingerprint density at radius 2 is 1.58 bits per heavy atom. The van der Waals surface area contributed by atoms with Gasteiger partial charge in [-0.05, 0) is 12.1 Å². The van der Waals surface area contributed by atoms with Gasteiger partial charge < -0.3 is 10.4 Å². The van der Waals surface area contributed by atoms with Crippen LogP contribution in [-0.4, -0.2) is 16.0 Å². The van der Waals surface area contributed by atoms with Crippen molar-refractivity contribution >= 4 is 11.6 Å². The van der Waals surface area contributed by atoms with E-state index in [1.165, 1.54) is 5.32 Å². The van der Waals surface area contributed by atoms with Crippen LogP contribution in [0.5, 0.6) is 5.88 Å². The molecule has 2 aromatic rings. The molecule has 2 rings (SSSR count). The van der Waals surface area contributed by atoms with Gasteiger partial charge in [0.25, 0.3) is 5.91 Å². The summed E-state index contributed by atoms with van der Waals surface area (Å²) < 4.78 is 91.4. The number of nitrogens with one attached hydrogen (secondary N) is 1. The summed E-state index contributed by atoms with van der Waals surface area (Å²) in [5.41, 5.74) is -5.16. The molecule has 0 unspecified atom stereocenters. The van der Waals surface area contributed by atoms with Gasteiger partial charge in [-0.2, -0.15) is 13.2 Å². The van der Waals surface area contributed by atoms with Crippen LogP contribution in [0.2, 0.25) is 0 Å². The van der Waals surface area contributed by atoms with Gasteiger partial charge in [0.2, 0.25) is 5.88 Å². The number of carbonyl (C=O) groups is 1. The van der Waals surface area contributed by atoms with Crippen molar-refractivity contribution in [3.05, 3.63) is 52.7 Å². The molecule has 1 heterocycles. The normalized spacial score (nSPS) is 11.5. The number of nitrogens with zero attached hydrogens (tertiary/aromatic N) is 1. The monoisotopic (exact) mass is 354 g/mol. The van der Waals surface area contributed by atoms with Gasteiger partial charge in [-0.1, -0.05) is 0 Å². The molecule has 4 nitrogen and oxygen atoms in total. The molecule has 0 bridgehead atoms. The van der Waals surface area contributed by atoms with Crippen LogP contribution in [-0.2, 0) is 6.18 Å². The minimum absolute atomic E-state index is 0.628. The minimum atomic E-state index is -5.69. The van der Waals surface area contributed by atoms with Crippen molar-refractivity contribution in [1.29, 1.82) is 0 Å². The molecule has 24 heavy (non-hydrogen) atoms. The second kappa shape index (κ2) is 5.98. The van der Waals surface area contributed by atoms with Gasteiger partial charge in [-0.25, -0.2) is 22.5 Å². The Balaban J connectivity index is 2.53. The second-order valence-corrected chi connectivity index (χ2v) is 4.33. The smallest absolute Gasteiger partial charge is 0.422 e. The third-order valence-electron chi connectivity index (χ3n) is 2.82. The molecule has 2 N–H and O–H groups in total. The van der Waals surface area contributed by atoms with Crippen molar-refractivity contribution in [2.24, 2.45) is 0 Å². The number of rotatable bonds is 2. The molecule has 1 aromatic carbocycles. The standard InChI is InChI=1S/C13H5F7N2O2/c14-6-5(13(18,19)20)7(15)9(17)10(8(6)16)22-12(24)4-2-1-3-21-11(4)23/h1-3H,(H,21,23)(H,22,24). The van der Waals surface area contributed by atoms with E-state index in [4.69, 9.17) is 0 Å². The predicted molar refractivity (Wildman–Crippen MR) is 65.1 cm³/mol. The lowest BCUT2D eigenvalue weighted by Gasteiger charge is -2.14. The molecule has 0 fully saturated rings. The van der Waals surface area contributed by atoms with E-state index >= 15 is 0 Å². The number of benzene rings is 1. The molecule has 0 radical (unpaired) electrons. The zero-order valence-corrected chi connectivity index (χ0v) is 11.2. The van der Waals surface area contributed by atoms with Crippen LogP contribution in [0, 0.1) is 23.3 Å². The quantitative estimate of drug-likeness (QED) is 0.640. The van der Waals surface area contributed by atoms with Gasteiger partial charge in [0.05, 0.1) is 0 Å². The number of hydrogen-bond acceptors (Lipinski definition) is 3. The molecule has 0 saturated heterocycles. The lowest BCUT2D eigenvalue weighted by atomic mass is 10.1. The number of amides is 1. The Labute approximate surface area is 128 Å². The maximum Gasteiger partial charge on any atom is 0.422 e. The molecule has 0 atom stereocenters. The Morgan fingerprint density at radius 1 is 1.04 bits per heavy atom. The summed E-state index contributed by atoms with van der Waals surface area (Å²) in [5, 5.41) is 10.7. The van der Waals surface area contributed by atoms with Gasteiger partial charge in [-0.3, -0.25) is 4.79 Å². The molecule has 1 amide bonds. The van der Waals surface area contributed by atoms with Gasteiger partial charge >= 0.3 is 6.18 Å². The first kappa shape index (κ1) is 17.5. The lowest BCUT2D eigenvalue weighted by Crippen LogP contribution is -2.20. The van der Waals surface area contributed by atoms with E-state index in [0.717, 1.165) is 18.3 Å². The fourth-order valence-electron chi connectivity index (χ4n) is 1.75. The Hall–Kier alpha value is -2.85. The third-order valence-corrected chi connectivity index (χ3v) is 2.82. The summed E-state index contributed by atoms with van der Waals surface area (Å²) in [6, 6.07) is 2.10. The Morgan fingerprint density at radius 3 is 2.04 bits per heavy atom. The average molecular weight is 354 g/mol. The number of hydrogen-bond donors (Lipinski definition) is 2. The van der Waals surface area contributed by atoms with Crippen molar-refractivity contribution in [1.82, 2.24) is 4.98 Å². The predicted octanol–water partition coefficient (Wildman–Crippen LogP) is 3.61. The van der Waals surface area contributed by atoms with Crippen LogP contribution in [0.1, 0.15) is 15.9 Å². The third kappa shape index (κ3) is 2.96. The SMILES string of the molecule is O=C(Nc1c(F)c(F)c(C(F)(F)F)c(F)c1F)c1cccnc1O. The Kier molecular flexibility index (Phi) is 4.36. The molecule has 11 heteroatoms. The highest BCUT2D eigenvalue weighted by atomic mass is 19.4.